The molecule has 5 heteroatoms. The first kappa shape index (κ1) is 17.6. The molecule has 0 aromatic heterocycles. The second-order valence-electron chi connectivity index (χ2n) is 7.47. The molecule has 4 rings (SSSR count). The highest BCUT2D eigenvalue weighted by molar-refractivity contribution is 6.00. The van der Waals surface area contributed by atoms with Gasteiger partial charge in [-0.3, -0.25) is 9.59 Å². The lowest BCUT2D eigenvalue weighted by Crippen LogP contribution is -2.41. The van der Waals surface area contributed by atoms with Crippen LogP contribution < -0.4 is 10.6 Å². The summed E-state index contributed by atoms with van der Waals surface area (Å²) < 4.78 is 0. The number of likely N-dealkylation sites (tertiary alicyclic amines) is 1. The molecular weight excluding hydrogens is 338 g/mol. The summed E-state index contributed by atoms with van der Waals surface area (Å²) in [4.78, 5) is 29.5. The Morgan fingerprint density at radius 2 is 1.93 bits per heavy atom. The van der Waals surface area contributed by atoms with Crippen LogP contribution in [-0.4, -0.2) is 29.8 Å². The predicted molar refractivity (Wildman–Crippen MR) is 106 cm³/mol. The average Bonchev–Trinajstić information content (AvgIpc) is 3.09. The van der Waals surface area contributed by atoms with Crippen LogP contribution >= 0.6 is 0 Å². The van der Waals surface area contributed by atoms with Crippen LogP contribution in [0.4, 0.5) is 11.4 Å². The molecule has 0 spiro atoms. The van der Waals surface area contributed by atoms with Crippen molar-refractivity contribution >= 4 is 23.2 Å². The molecule has 2 aromatic carbocycles. The SMILES string of the molecule is CC(c1ccccc1)N1CC(C(=O)N2CCCc3c(N)cccc32)CC1=O. The van der Waals surface area contributed by atoms with Crippen molar-refractivity contribution in [3.63, 3.8) is 0 Å². The second-order valence-corrected chi connectivity index (χ2v) is 7.47. The van der Waals surface area contributed by atoms with Gasteiger partial charge in [-0.05, 0) is 43.0 Å². The van der Waals surface area contributed by atoms with Crippen molar-refractivity contribution in [1.29, 1.82) is 0 Å². The van der Waals surface area contributed by atoms with Gasteiger partial charge in [-0.1, -0.05) is 36.4 Å². The molecule has 2 atom stereocenters. The summed E-state index contributed by atoms with van der Waals surface area (Å²) in [6.07, 6.45) is 2.08. The van der Waals surface area contributed by atoms with Crippen molar-refractivity contribution in [2.45, 2.75) is 32.2 Å². The van der Waals surface area contributed by atoms with E-state index in [1.807, 2.05) is 65.3 Å². The van der Waals surface area contributed by atoms with Gasteiger partial charge in [-0.2, -0.15) is 0 Å². The Kier molecular flexibility index (Phi) is 4.60. The molecule has 1 saturated heterocycles. The monoisotopic (exact) mass is 363 g/mol. The van der Waals surface area contributed by atoms with Gasteiger partial charge in [0.2, 0.25) is 11.8 Å². The number of hydrogen-bond donors (Lipinski definition) is 1. The zero-order valence-corrected chi connectivity index (χ0v) is 15.6. The Labute approximate surface area is 159 Å². The number of nitrogens with two attached hydrogens (primary N) is 1. The number of rotatable bonds is 3. The molecule has 0 radical (unpaired) electrons. The van der Waals surface area contributed by atoms with E-state index >= 15 is 0 Å². The molecule has 0 aliphatic carbocycles. The maximum absolute atomic E-state index is 13.2. The number of anilines is 2. The maximum atomic E-state index is 13.2. The van der Waals surface area contributed by atoms with E-state index in [9.17, 15) is 9.59 Å². The van der Waals surface area contributed by atoms with E-state index in [0.717, 1.165) is 35.3 Å². The summed E-state index contributed by atoms with van der Waals surface area (Å²) in [5.41, 5.74) is 9.90. The molecule has 2 heterocycles. The first-order valence-corrected chi connectivity index (χ1v) is 9.59. The number of nitrogens with zero attached hydrogens (tertiary/aromatic N) is 2. The molecule has 2 aromatic rings. The van der Waals surface area contributed by atoms with Crippen LogP contribution in [0.25, 0.3) is 0 Å². The number of benzene rings is 2. The van der Waals surface area contributed by atoms with Gasteiger partial charge in [0.15, 0.2) is 0 Å². The first-order chi connectivity index (χ1) is 13.1. The zero-order chi connectivity index (χ0) is 19.0. The summed E-state index contributed by atoms with van der Waals surface area (Å²) in [6, 6.07) is 15.7. The van der Waals surface area contributed by atoms with Crippen molar-refractivity contribution < 1.29 is 9.59 Å². The third-order valence-electron chi connectivity index (χ3n) is 5.81. The van der Waals surface area contributed by atoms with E-state index in [1.165, 1.54) is 0 Å². The summed E-state index contributed by atoms with van der Waals surface area (Å²) >= 11 is 0. The largest absolute Gasteiger partial charge is 0.398 e. The fraction of sp³-hybridized carbons (Fsp3) is 0.364. The van der Waals surface area contributed by atoms with Crippen LogP contribution in [0.2, 0.25) is 0 Å². The Balaban J connectivity index is 1.53. The lowest BCUT2D eigenvalue weighted by atomic mass is 9.97. The van der Waals surface area contributed by atoms with E-state index in [-0.39, 0.29) is 30.2 Å². The highest BCUT2D eigenvalue weighted by Crippen LogP contribution is 2.35. The van der Waals surface area contributed by atoms with Crippen LogP contribution in [-0.2, 0) is 16.0 Å². The predicted octanol–water partition coefficient (Wildman–Crippen LogP) is 3.16. The highest BCUT2D eigenvalue weighted by Gasteiger charge is 2.39. The van der Waals surface area contributed by atoms with Crippen molar-refractivity contribution in [3.8, 4) is 0 Å². The molecular formula is C22H25N3O2. The van der Waals surface area contributed by atoms with Gasteiger partial charge < -0.3 is 15.5 Å². The molecule has 2 unspecified atom stereocenters. The number of fused-ring (bicyclic) bond motifs is 1. The molecule has 0 saturated carbocycles. The molecule has 0 bridgehead atoms. The van der Waals surface area contributed by atoms with E-state index in [4.69, 9.17) is 5.73 Å². The Hall–Kier alpha value is -2.82. The zero-order valence-electron chi connectivity index (χ0n) is 15.6. The number of nitrogen functional groups attached to an aromatic ring is 1. The van der Waals surface area contributed by atoms with Gasteiger partial charge in [-0.25, -0.2) is 0 Å². The van der Waals surface area contributed by atoms with Crippen molar-refractivity contribution in [2.24, 2.45) is 5.92 Å². The normalized spacial score (nSPS) is 20.5. The smallest absolute Gasteiger partial charge is 0.232 e. The fourth-order valence-corrected chi connectivity index (χ4v) is 4.28. The molecule has 140 valence electrons. The van der Waals surface area contributed by atoms with Crippen molar-refractivity contribution in [2.75, 3.05) is 23.7 Å². The Morgan fingerprint density at radius 1 is 1.15 bits per heavy atom. The van der Waals surface area contributed by atoms with Gasteiger partial charge in [0.1, 0.15) is 0 Å². The quantitative estimate of drug-likeness (QED) is 0.852. The summed E-state index contributed by atoms with van der Waals surface area (Å²) in [7, 11) is 0. The lowest BCUT2D eigenvalue weighted by Gasteiger charge is -2.32. The minimum atomic E-state index is -0.295. The minimum absolute atomic E-state index is 0.0270. The number of hydrogen-bond acceptors (Lipinski definition) is 3. The summed E-state index contributed by atoms with van der Waals surface area (Å²) in [5.74, 6) is -0.205. The molecule has 2 amide bonds. The van der Waals surface area contributed by atoms with Crippen LogP contribution in [0.5, 0.6) is 0 Å². The summed E-state index contributed by atoms with van der Waals surface area (Å²) in [5, 5.41) is 0. The lowest BCUT2D eigenvalue weighted by molar-refractivity contribution is -0.130. The van der Waals surface area contributed by atoms with E-state index < -0.39 is 0 Å². The van der Waals surface area contributed by atoms with E-state index in [1.54, 1.807) is 0 Å². The Morgan fingerprint density at radius 3 is 2.70 bits per heavy atom. The molecule has 5 nitrogen and oxygen atoms in total. The topological polar surface area (TPSA) is 66.6 Å². The number of carbonyl (C=O) groups excluding carboxylic acids is 2. The van der Waals surface area contributed by atoms with Gasteiger partial charge >= 0.3 is 0 Å². The highest BCUT2D eigenvalue weighted by atomic mass is 16.2. The molecule has 27 heavy (non-hydrogen) atoms. The second kappa shape index (κ2) is 7.06. The van der Waals surface area contributed by atoms with Gasteiger partial charge in [0.25, 0.3) is 0 Å². The molecule has 2 aliphatic heterocycles. The third-order valence-corrected chi connectivity index (χ3v) is 5.81. The third kappa shape index (κ3) is 3.18. The van der Waals surface area contributed by atoms with Gasteiger partial charge in [0.05, 0.1) is 12.0 Å². The average molecular weight is 363 g/mol. The molecule has 1 fully saturated rings. The van der Waals surface area contributed by atoms with Crippen molar-refractivity contribution in [3.05, 3.63) is 59.7 Å². The van der Waals surface area contributed by atoms with Crippen LogP contribution in [0.15, 0.2) is 48.5 Å². The first-order valence-electron chi connectivity index (χ1n) is 9.59. The fourth-order valence-electron chi connectivity index (χ4n) is 4.28. The van der Waals surface area contributed by atoms with E-state index in [2.05, 4.69) is 0 Å². The maximum Gasteiger partial charge on any atom is 0.232 e. The standard InChI is InChI=1S/C22H25N3O2/c1-15(16-7-3-2-4-8-16)25-14-17(13-21(25)26)22(27)24-12-6-9-18-19(23)10-5-11-20(18)24/h2-5,7-8,10-11,15,17H,6,9,12-14,23H2,1H3. The van der Waals surface area contributed by atoms with Gasteiger partial charge in [-0.15, -0.1) is 0 Å². The minimum Gasteiger partial charge on any atom is -0.398 e. The number of carbonyl (C=O) groups is 2. The van der Waals surface area contributed by atoms with Crippen LogP contribution in [0, 0.1) is 5.92 Å². The summed E-state index contributed by atoms with van der Waals surface area (Å²) in [6.45, 7) is 3.19. The number of amides is 2. The molecule has 2 N–H and O–H groups in total. The van der Waals surface area contributed by atoms with Crippen LogP contribution in [0.3, 0.4) is 0 Å². The van der Waals surface area contributed by atoms with E-state index in [0.29, 0.717) is 13.1 Å². The molecule has 2 aliphatic rings. The van der Waals surface area contributed by atoms with Crippen LogP contribution in [0.1, 0.15) is 36.9 Å². The Bertz CT molecular complexity index is 865. The van der Waals surface area contributed by atoms with Gasteiger partial charge in [0, 0.05) is 30.9 Å². The van der Waals surface area contributed by atoms with Crippen molar-refractivity contribution in [1.82, 2.24) is 4.90 Å².